The maximum Gasteiger partial charge on any atom is 0.276 e. The van der Waals surface area contributed by atoms with E-state index >= 15 is 0 Å². The minimum Gasteiger partial charge on any atom is -0.294 e. The van der Waals surface area contributed by atoms with Crippen LogP contribution in [-0.4, -0.2) is 45.6 Å². The van der Waals surface area contributed by atoms with Gasteiger partial charge in [-0.2, -0.15) is 4.31 Å². The van der Waals surface area contributed by atoms with Gasteiger partial charge in [-0.3, -0.25) is 14.9 Å². The van der Waals surface area contributed by atoms with Gasteiger partial charge in [-0.1, -0.05) is 6.07 Å². The van der Waals surface area contributed by atoms with Crippen molar-refractivity contribution in [2.24, 2.45) is 0 Å². The predicted molar refractivity (Wildman–Crippen MR) is 111 cm³/mol. The Kier molecular flexibility index (Phi) is 6.21. The molecule has 0 aliphatic carbocycles. The number of nitrogens with zero attached hydrogens (tertiary/aromatic N) is 4. The molecule has 0 saturated carbocycles. The minimum absolute atomic E-state index is 0. The fourth-order valence-electron chi connectivity index (χ4n) is 3.39. The fraction of sp³-hybridized carbons (Fsp3) is 0.316. The third kappa shape index (κ3) is 4.12. The van der Waals surface area contributed by atoms with Gasteiger partial charge in [-0.15, -0.1) is 12.4 Å². The normalized spacial score (nSPS) is 14.7. The molecular weight excluding hydrogens is 414 g/mol. The first-order valence-electron chi connectivity index (χ1n) is 9.13. The number of hydrogen-bond donors (Lipinski definition) is 1. The van der Waals surface area contributed by atoms with Gasteiger partial charge in [0.15, 0.2) is 5.82 Å². The summed E-state index contributed by atoms with van der Waals surface area (Å²) in [6.45, 7) is 2.91. The van der Waals surface area contributed by atoms with E-state index in [9.17, 15) is 13.2 Å². The molecule has 8 nitrogen and oxygen atoms in total. The number of aromatic amines is 1. The number of halogens is 1. The van der Waals surface area contributed by atoms with Crippen molar-refractivity contribution in [2.45, 2.75) is 31.1 Å². The van der Waals surface area contributed by atoms with Gasteiger partial charge >= 0.3 is 0 Å². The third-order valence-corrected chi connectivity index (χ3v) is 6.83. The lowest BCUT2D eigenvalue weighted by Gasteiger charge is -2.15. The van der Waals surface area contributed by atoms with E-state index in [2.05, 4.69) is 15.1 Å². The van der Waals surface area contributed by atoms with E-state index in [0.717, 1.165) is 24.1 Å². The van der Waals surface area contributed by atoms with Crippen LogP contribution in [0.1, 0.15) is 29.7 Å². The highest BCUT2D eigenvalue weighted by atomic mass is 35.5. The van der Waals surface area contributed by atoms with Gasteiger partial charge in [0, 0.05) is 49.4 Å². The first kappa shape index (κ1) is 21.2. The van der Waals surface area contributed by atoms with Crippen molar-refractivity contribution in [2.75, 3.05) is 13.1 Å². The van der Waals surface area contributed by atoms with Crippen LogP contribution in [0.15, 0.2) is 52.5 Å². The molecule has 154 valence electrons. The summed E-state index contributed by atoms with van der Waals surface area (Å²) in [6.07, 6.45) is 6.94. The van der Waals surface area contributed by atoms with E-state index < -0.39 is 10.0 Å². The van der Waals surface area contributed by atoms with Crippen molar-refractivity contribution in [3.05, 3.63) is 70.0 Å². The zero-order valence-electron chi connectivity index (χ0n) is 15.9. The van der Waals surface area contributed by atoms with E-state index in [-0.39, 0.29) is 22.9 Å². The quantitative estimate of drug-likeness (QED) is 0.661. The van der Waals surface area contributed by atoms with E-state index in [1.807, 2.05) is 19.1 Å². The summed E-state index contributed by atoms with van der Waals surface area (Å²) in [6, 6.07) is 6.80. The monoisotopic (exact) mass is 435 g/mol. The van der Waals surface area contributed by atoms with E-state index in [4.69, 9.17) is 0 Å². The van der Waals surface area contributed by atoms with Crippen LogP contribution >= 0.6 is 12.4 Å². The maximum absolute atomic E-state index is 12.8. The van der Waals surface area contributed by atoms with Crippen molar-refractivity contribution in [1.82, 2.24) is 24.1 Å². The Morgan fingerprint density at radius 2 is 1.90 bits per heavy atom. The van der Waals surface area contributed by atoms with Crippen molar-refractivity contribution in [1.29, 1.82) is 0 Å². The Bertz CT molecular complexity index is 1130. The van der Waals surface area contributed by atoms with E-state index in [1.165, 1.54) is 21.3 Å². The van der Waals surface area contributed by atoms with Crippen molar-refractivity contribution in [3.8, 4) is 5.82 Å². The van der Waals surface area contributed by atoms with Gasteiger partial charge in [0.05, 0.1) is 0 Å². The van der Waals surface area contributed by atoms with Gasteiger partial charge < -0.3 is 0 Å². The molecule has 0 unspecified atom stereocenters. The first-order chi connectivity index (χ1) is 13.5. The number of sulfonamides is 1. The molecule has 1 aliphatic rings. The van der Waals surface area contributed by atoms with Gasteiger partial charge in [0.1, 0.15) is 4.90 Å². The summed E-state index contributed by atoms with van der Waals surface area (Å²) in [5.41, 5.74) is 2.10. The lowest BCUT2D eigenvalue weighted by atomic mass is 10.1. The Balaban J connectivity index is 0.00000240. The van der Waals surface area contributed by atoms with Crippen molar-refractivity contribution in [3.63, 3.8) is 0 Å². The summed E-state index contributed by atoms with van der Waals surface area (Å²) >= 11 is 0. The van der Waals surface area contributed by atoms with Gasteiger partial charge in [-0.05, 0) is 43.5 Å². The highest BCUT2D eigenvalue weighted by Gasteiger charge is 2.27. The summed E-state index contributed by atoms with van der Waals surface area (Å²) in [5, 5.41) is 3.02. The lowest BCUT2D eigenvalue weighted by Crippen LogP contribution is -2.28. The van der Waals surface area contributed by atoms with Crippen LogP contribution < -0.4 is 5.56 Å². The van der Waals surface area contributed by atoms with E-state index in [0.29, 0.717) is 30.9 Å². The Hall–Kier alpha value is -2.49. The summed E-state index contributed by atoms with van der Waals surface area (Å²) in [5.74, 6) is 0.353. The molecule has 0 aromatic carbocycles. The second-order valence-electron chi connectivity index (χ2n) is 6.86. The number of hydrogen-bond acceptors (Lipinski definition) is 5. The molecule has 0 spiro atoms. The molecule has 3 aromatic heterocycles. The Labute approximate surface area is 175 Å². The highest BCUT2D eigenvalue weighted by Crippen LogP contribution is 2.20. The molecule has 0 amide bonds. The molecule has 0 radical (unpaired) electrons. The molecule has 0 atom stereocenters. The molecule has 1 aliphatic heterocycles. The van der Waals surface area contributed by atoms with Crippen LogP contribution in [0.2, 0.25) is 0 Å². The molecule has 0 bridgehead atoms. The summed E-state index contributed by atoms with van der Waals surface area (Å²) < 4.78 is 28.0. The molecule has 1 N–H and O–H groups in total. The van der Waals surface area contributed by atoms with Gasteiger partial charge in [-0.25, -0.2) is 18.1 Å². The van der Waals surface area contributed by atoms with Crippen LogP contribution in [0.5, 0.6) is 0 Å². The van der Waals surface area contributed by atoms with Crippen LogP contribution in [-0.2, 0) is 16.4 Å². The standard InChI is InChI=1S/C19H21N5O3S.ClH/c1-14-17(11-15-5-4-8-20-12-15)19(25)24(22-14)18-7-6-16(13-21-18)28(26,27)23-9-2-3-10-23;/h4-8,12-13,22H,2-3,9-11H2,1H3;1H. The molecule has 1 fully saturated rings. The smallest absolute Gasteiger partial charge is 0.276 e. The molecular formula is C19H22ClN5O3S. The number of H-pyrrole nitrogens is 1. The molecule has 29 heavy (non-hydrogen) atoms. The molecule has 1 saturated heterocycles. The summed E-state index contributed by atoms with van der Waals surface area (Å²) in [7, 11) is -3.53. The molecule has 4 heterocycles. The van der Waals surface area contributed by atoms with Crippen molar-refractivity contribution >= 4 is 22.4 Å². The molecule has 4 rings (SSSR count). The fourth-order valence-corrected chi connectivity index (χ4v) is 4.86. The van der Waals surface area contributed by atoms with Crippen LogP contribution in [0.25, 0.3) is 5.82 Å². The van der Waals surface area contributed by atoms with E-state index in [1.54, 1.807) is 18.5 Å². The van der Waals surface area contributed by atoms with Crippen LogP contribution in [0.4, 0.5) is 0 Å². The zero-order valence-corrected chi connectivity index (χ0v) is 17.5. The largest absolute Gasteiger partial charge is 0.294 e. The maximum atomic E-state index is 12.8. The Morgan fingerprint density at radius 1 is 1.14 bits per heavy atom. The summed E-state index contributed by atoms with van der Waals surface area (Å²) in [4.78, 5) is 21.3. The average Bonchev–Trinajstić information content (AvgIpc) is 3.34. The number of aromatic nitrogens is 4. The topological polar surface area (TPSA) is 101 Å². The number of aryl methyl sites for hydroxylation is 1. The zero-order chi connectivity index (χ0) is 19.7. The number of nitrogens with one attached hydrogen (secondary N) is 1. The first-order valence-corrected chi connectivity index (χ1v) is 10.6. The second kappa shape index (κ2) is 8.48. The van der Waals surface area contributed by atoms with Crippen molar-refractivity contribution < 1.29 is 8.42 Å². The van der Waals surface area contributed by atoms with Crippen LogP contribution in [0.3, 0.4) is 0 Å². The number of rotatable bonds is 5. The predicted octanol–water partition coefficient (Wildman–Crippen LogP) is 2.06. The van der Waals surface area contributed by atoms with Gasteiger partial charge in [0.25, 0.3) is 5.56 Å². The Morgan fingerprint density at radius 3 is 2.52 bits per heavy atom. The number of pyridine rings is 2. The highest BCUT2D eigenvalue weighted by molar-refractivity contribution is 7.89. The minimum atomic E-state index is -3.53. The average molecular weight is 436 g/mol. The SMILES string of the molecule is Cc1[nH]n(-c2ccc(S(=O)(=O)N3CCCC3)cn2)c(=O)c1Cc1cccnc1.Cl. The van der Waals surface area contributed by atoms with Gasteiger partial charge in [0.2, 0.25) is 10.0 Å². The molecule has 3 aromatic rings. The third-order valence-electron chi connectivity index (χ3n) is 4.95. The lowest BCUT2D eigenvalue weighted by molar-refractivity contribution is 0.477. The van der Waals surface area contributed by atoms with Crippen LogP contribution in [0, 0.1) is 6.92 Å². The molecule has 10 heteroatoms. The second-order valence-corrected chi connectivity index (χ2v) is 8.80.